The van der Waals surface area contributed by atoms with Crippen LogP contribution in [-0.2, 0) is 13.8 Å². The maximum atomic E-state index is 11.1. The summed E-state index contributed by atoms with van der Waals surface area (Å²) in [6.07, 6.45) is 4.54. The molecule has 0 aromatic carbocycles. The summed E-state index contributed by atoms with van der Waals surface area (Å²) in [5, 5.41) is 0. The molecule has 0 bridgehead atoms. The molecule has 0 saturated heterocycles. The molecule has 0 N–H and O–H groups in total. The number of halogens is 1. The van der Waals surface area contributed by atoms with E-state index >= 15 is 0 Å². The summed E-state index contributed by atoms with van der Waals surface area (Å²) >= 11 is 0. The van der Waals surface area contributed by atoms with Crippen LogP contribution in [0.2, 0.25) is 0 Å². The number of hydrogen-bond donors (Lipinski definition) is 0. The fraction of sp³-hybridized carbons (Fsp3) is 1.00. The highest BCUT2D eigenvalue weighted by Gasteiger charge is 2.34. The fourth-order valence-corrected chi connectivity index (χ4v) is 3.29. The second-order valence-electron chi connectivity index (χ2n) is 4.74. The van der Waals surface area contributed by atoms with Crippen LogP contribution in [0, 0.1) is 11.8 Å². The molecule has 1 fully saturated rings. The van der Waals surface area contributed by atoms with Gasteiger partial charge in [-0.2, -0.15) is 0 Å². The van der Waals surface area contributed by atoms with Gasteiger partial charge in [-0.25, -0.2) is 8.42 Å². The zero-order valence-corrected chi connectivity index (χ0v) is 11.6. The molecule has 0 amide bonds. The van der Waals surface area contributed by atoms with Crippen molar-refractivity contribution >= 4 is 19.7 Å². The van der Waals surface area contributed by atoms with Crippen molar-refractivity contribution in [1.29, 1.82) is 0 Å². The Balaban J connectivity index is 2.34. The van der Waals surface area contributed by atoms with E-state index in [0.29, 0.717) is 12.5 Å². The molecule has 1 saturated carbocycles. The standard InChI is InChI=1S/C11H21ClO3S/c1-3-4-9(2)15-7-11(10-5-6-10)8-16(12,13)14/h9-11H,3-8H2,1-2H3. The molecule has 0 radical (unpaired) electrons. The Kier molecular flexibility index (Phi) is 5.54. The van der Waals surface area contributed by atoms with Gasteiger partial charge < -0.3 is 4.74 Å². The molecule has 0 heterocycles. The Morgan fingerprint density at radius 2 is 2.06 bits per heavy atom. The SMILES string of the molecule is CCCC(C)OCC(CS(=O)(=O)Cl)C1CC1. The predicted octanol–water partition coefficient (Wildman–Crippen LogP) is 2.79. The summed E-state index contributed by atoms with van der Waals surface area (Å²) in [5.74, 6) is 0.641. The lowest BCUT2D eigenvalue weighted by Crippen LogP contribution is -2.22. The number of rotatable bonds is 8. The summed E-state index contributed by atoms with van der Waals surface area (Å²) in [6, 6.07) is 0. The average molecular weight is 269 g/mol. The molecule has 0 aliphatic heterocycles. The molecule has 2 atom stereocenters. The van der Waals surface area contributed by atoms with Crippen molar-refractivity contribution in [2.75, 3.05) is 12.4 Å². The minimum atomic E-state index is -3.40. The Hall–Kier alpha value is 0.200. The van der Waals surface area contributed by atoms with Crippen LogP contribution in [0.4, 0.5) is 0 Å². The average Bonchev–Trinajstić information content (AvgIpc) is 2.94. The van der Waals surface area contributed by atoms with E-state index in [1.165, 1.54) is 0 Å². The van der Waals surface area contributed by atoms with E-state index in [2.05, 4.69) is 6.92 Å². The van der Waals surface area contributed by atoms with E-state index in [1.807, 2.05) is 6.92 Å². The summed E-state index contributed by atoms with van der Waals surface area (Å²) in [5.41, 5.74) is 0. The first-order valence-electron chi connectivity index (χ1n) is 5.96. The lowest BCUT2D eigenvalue weighted by molar-refractivity contribution is 0.0348. The Bertz CT molecular complexity index is 298. The first-order chi connectivity index (χ1) is 7.42. The van der Waals surface area contributed by atoms with Gasteiger partial charge in [-0.3, -0.25) is 0 Å². The summed E-state index contributed by atoms with van der Waals surface area (Å²) < 4.78 is 27.8. The molecular weight excluding hydrogens is 248 g/mol. The summed E-state index contributed by atoms with van der Waals surface area (Å²) in [7, 11) is 1.90. The molecular formula is C11H21ClO3S. The van der Waals surface area contributed by atoms with Gasteiger partial charge in [0.05, 0.1) is 18.5 Å². The zero-order valence-electron chi connectivity index (χ0n) is 9.99. The minimum absolute atomic E-state index is 0.0536. The third-order valence-electron chi connectivity index (χ3n) is 2.99. The smallest absolute Gasteiger partial charge is 0.232 e. The largest absolute Gasteiger partial charge is 0.378 e. The molecule has 5 heteroatoms. The highest BCUT2D eigenvalue weighted by Crippen LogP contribution is 2.38. The second kappa shape index (κ2) is 6.22. The minimum Gasteiger partial charge on any atom is -0.378 e. The van der Waals surface area contributed by atoms with Crippen molar-refractivity contribution < 1.29 is 13.2 Å². The molecule has 0 spiro atoms. The van der Waals surface area contributed by atoms with Crippen molar-refractivity contribution in [2.45, 2.75) is 45.6 Å². The van der Waals surface area contributed by atoms with Crippen LogP contribution in [0.1, 0.15) is 39.5 Å². The third-order valence-corrected chi connectivity index (χ3v) is 4.20. The van der Waals surface area contributed by atoms with Crippen molar-refractivity contribution in [2.24, 2.45) is 11.8 Å². The Morgan fingerprint density at radius 3 is 2.50 bits per heavy atom. The van der Waals surface area contributed by atoms with E-state index in [9.17, 15) is 8.42 Å². The van der Waals surface area contributed by atoms with E-state index in [1.54, 1.807) is 0 Å². The van der Waals surface area contributed by atoms with Gasteiger partial charge in [0.2, 0.25) is 9.05 Å². The first kappa shape index (κ1) is 14.3. The van der Waals surface area contributed by atoms with Crippen LogP contribution in [0.5, 0.6) is 0 Å². The molecule has 2 unspecified atom stereocenters. The summed E-state index contributed by atoms with van der Waals surface area (Å²) in [4.78, 5) is 0. The molecule has 96 valence electrons. The molecule has 0 aromatic heterocycles. The Labute approximate surface area is 103 Å². The van der Waals surface area contributed by atoms with E-state index < -0.39 is 9.05 Å². The molecule has 16 heavy (non-hydrogen) atoms. The first-order valence-corrected chi connectivity index (χ1v) is 8.44. The lowest BCUT2D eigenvalue weighted by Gasteiger charge is -2.18. The summed E-state index contributed by atoms with van der Waals surface area (Å²) in [6.45, 7) is 4.67. The number of ether oxygens (including phenoxy) is 1. The highest BCUT2D eigenvalue weighted by atomic mass is 35.7. The molecule has 1 aliphatic carbocycles. The van der Waals surface area contributed by atoms with Gasteiger partial charge in [0.15, 0.2) is 0 Å². The Morgan fingerprint density at radius 1 is 1.44 bits per heavy atom. The van der Waals surface area contributed by atoms with E-state index in [4.69, 9.17) is 15.4 Å². The monoisotopic (exact) mass is 268 g/mol. The fourth-order valence-electron chi connectivity index (χ4n) is 1.92. The van der Waals surface area contributed by atoms with Crippen LogP contribution in [0.15, 0.2) is 0 Å². The normalized spacial score (nSPS) is 20.7. The van der Waals surface area contributed by atoms with Crippen LogP contribution < -0.4 is 0 Å². The van der Waals surface area contributed by atoms with Gasteiger partial charge in [-0.15, -0.1) is 0 Å². The van der Waals surface area contributed by atoms with Crippen LogP contribution in [0.25, 0.3) is 0 Å². The van der Waals surface area contributed by atoms with Crippen molar-refractivity contribution in [3.05, 3.63) is 0 Å². The van der Waals surface area contributed by atoms with Crippen molar-refractivity contribution in [3.8, 4) is 0 Å². The van der Waals surface area contributed by atoms with Crippen LogP contribution in [0.3, 0.4) is 0 Å². The van der Waals surface area contributed by atoms with Crippen LogP contribution in [-0.4, -0.2) is 26.9 Å². The van der Waals surface area contributed by atoms with Crippen molar-refractivity contribution in [1.82, 2.24) is 0 Å². The van der Waals surface area contributed by atoms with Gasteiger partial charge in [-0.1, -0.05) is 13.3 Å². The van der Waals surface area contributed by atoms with Gasteiger partial charge in [0.25, 0.3) is 0 Å². The molecule has 0 aromatic rings. The molecule has 3 nitrogen and oxygen atoms in total. The van der Waals surface area contributed by atoms with Gasteiger partial charge >= 0.3 is 0 Å². The lowest BCUT2D eigenvalue weighted by atomic mass is 10.1. The zero-order chi connectivity index (χ0) is 12.2. The third kappa shape index (κ3) is 6.06. The molecule has 1 rings (SSSR count). The maximum absolute atomic E-state index is 11.1. The van der Waals surface area contributed by atoms with Crippen LogP contribution >= 0.6 is 10.7 Å². The topological polar surface area (TPSA) is 43.4 Å². The van der Waals surface area contributed by atoms with Gasteiger partial charge in [0.1, 0.15) is 0 Å². The van der Waals surface area contributed by atoms with Gasteiger partial charge in [-0.05, 0) is 32.1 Å². The second-order valence-corrected chi connectivity index (χ2v) is 7.56. The van der Waals surface area contributed by atoms with E-state index in [-0.39, 0.29) is 17.8 Å². The predicted molar refractivity (Wildman–Crippen MR) is 66.2 cm³/mol. The highest BCUT2D eigenvalue weighted by molar-refractivity contribution is 8.13. The quantitative estimate of drug-likeness (QED) is 0.636. The molecule has 1 aliphatic rings. The number of hydrogen-bond acceptors (Lipinski definition) is 3. The van der Waals surface area contributed by atoms with E-state index in [0.717, 1.165) is 25.7 Å². The van der Waals surface area contributed by atoms with Crippen molar-refractivity contribution in [3.63, 3.8) is 0 Å². The van der Waals surface area contributed by atoms with Gasteiger partial charge in [0, 0.05) is 16.6 Å². The maximum Gasteiger partial charge on any atom is 0.232 e.